The normalized spacial score (nSPS) is 11.4. The first kappa shape index (κ1) is 15.0. The standard InChI is InChI=1S/C7H5BN.C5H12.C2H6/c1-2-4-7-6(3-1)8-5-9-7;1-5(2,3)4;1-2/h1-5H;1-4H3;1-2H3. The highest BCUT2D eigenvalue weighted by atomic mass is 14.7. The zero-order valence-corrected chi connectivity index (χ0v) is 11.4. The molecule has 2 rings (SSSR count). The summed E-state index contributed by atoms with van der Waals surface area (Å²) in [4.78, 5) is 4.12. The van der Waals surface area contributed by atoms with Crippen molar-refractivity contribution >= 4 is 24.5 Å². The first-order valence-corrected chi connectivity index (χ1v) is 5.93. The lowest BCUT2D eigenvalue weighted by molar-refractivity contribution is 0.469. The quantitative estimate of drug-likeness (QED) is 0.585. The molecular formula is C14H23BN. The van der Waals surface area contributed by atoms with Crippen LogP contribution < -0.4 is 5.46 Å². The van der Waals surface area contributed by atoms with Gasteiger partial charge in [0.15, 0.2) is 0 Å². The number of para-hydroxylation sites is 1. The second-order valence-electron chi connectivity index (χ2n) is 5.00. The Kier molecular flexibility index (Phi) is 6.79. The van der Waals surface area contributed by atoms with Gasteiger partial charge in [-0.05, 0) is 17.6 Å². The van der Waals surface area contributed by atoms with Crippen molar-refractivity contribution in [2.24, 2.45) is 10.4 Å². The molecule has 0 amide bonds. The molecule has 1 nitrogen and oxygen atoms in total. The summed E-state index contributed by atoms with van der Waals surface area (Å²) in [6.07, 6.45) is 1.82. The first-order chi connectivity index (χ1) is 7.47. The Morgan fingerprint density at radius 2 is 1.50 bits per heavy atom. The monoisotopic (exact) mass is 216 g/mol. The molecule has 1 aromatic rings. The third-order valence-electron chi connectivity index (χ3n) is 1.40. The largest absolute Gasteiger partial charge is 0.272 e. The number of fused-ring (bicyclic) bond motifs is 1. The first-order valence-electron chi connectivity index (χ1n) is 5.93. The fourth-order valence-corrected chi connectivity index (χ4v) is 0.944. The van der Waals surface area contributed by atoms with Gasteiger partial charge in [-0.3, -0.25) is 4.99 Å². The van der Waals surface area contributed by atoms with E-state index < -0.39 is 0 Å². The summed E-state index contributed by atoms with van der Waals surface area (Å²) in [6.45, 7) is 12.8. The molecule has 1 radical (unpaired) electrons. The number of hydrogen-bond donors (Lipinski definition) is 0. The van der Waals surface area contributed by atoms with Crippen LogP contribution in [0.15, 0.2) is 29.3 Å². The molecule has 1 heterocycles. The highest BCUT2D eigenvalue weighted by Crippen LogP contribution is 2.09. The molecule has 1 aromatic carbocycles. The molecule has 0 atom stereocenters. The maximum Gasteiger partial charge on any atom is 0.209 e. The van der Waals surface area contributed by atoms with E-state index in [0.717, 1.165) is 5.69 Å². The summed E-state index contributed by atoms with van der Waals surface area (Å²) >= 11 is 0. The summed E-state index contributed by atoms with van der Waals surface area (Å²) < 4.78 is 0. The summed E-state index contributed by atoms with van der Waals surface area (Å²) in [5.74, 6) is 0. The smallest absolute Gasteiger partial charge is 0.209 e. The number of aliphatic imine (C=N–C) groups is 1. The van der Waals surface area contributed by atoms with Gasteiger partial charge in [0, 0.05) is 0 Å². The average molecular weight is 216 g/mol. The molecule has 0 unspecified atom stereocenters. The fraction of sp³-hybridized carbons (Fsp3) is 0.500. The molecule has 0 saturated carbocycles. The third-order valence-corrected chi connectivity index (χ3v) is 1.40. The summed E-state index contributed by atoms with van der Waals surface area (Å²) in [5.41, 5.74) is 2.80. The SMILES string of the molecule is CC.CC(C)(C)C.[B]1C=Nc2ccccc21. The van der Waals surface area contributed by atoms with E-state index in [0.29, 0.717) is 5.41 Å². The molecule has 0 spiro atoms. The van der Waals surface area contributed by atoms with Crippen LogP contribution in [0.5, 0.6) is 0 Å². The predicted molar refractivity (Wildman–Crippen MR) is 76.5 cm³/mol. The van der Waals surface area contributed by atoms with E-state index in [9.17, 15) is 0 Å². The van der Waals surface area contributed by atoms with Crippen LogP contribution in [0.4, 0.5) is 5.69 Å². The van der Waals surface area contributed by atoms with Gasteiger partial charge in [-0.1, -0.05) is 65.2 Å². The number of benzene rings is 1. The van der Waals surface area contributed by atoms with Crippen LogP contribution in [-0.4, -0.2) is 13.4 Å². The van der Waals surface area contributed by atoms with Gasteiger partial charge in [0.1, 0.15) is 0 Å². The molecule has 1 aliphatic heterocycles. The topological polar surface area (TPSA) is 12.4 Å². The highest BCUT2D eigenvalue weighted by molar-refractivity contribution is 6.82. The van der Waals surface area contributed by atoms with Gasteiger partial charge in [0.25, 0.3) is 0 Å². The summed E-state index contributed by atoms with van der Waals surface area (Å²) in [5, 5.41) is 0. The second kappa shape index (κ2) is 7.26. The van der Waals surface area contributed by atoms with Crippen LogP contribution in [0.3, 0.4) is 0 Å². The molecule has 0 N–H and O–H groups in total. The lowest BCUT2D eigenvalue weighted by Crippen LogP contribution is -2.09. The van der Waals surface area contributed by atoms with Crippen LogP contribution >= 0.6 is 0 Å². The van der Waals surface area contributed by atoms with Crippen molar-refractivity contribution in [1.29, 1.82) is 0 Å². The zero-order chi connectivity index (χ0) is 12.6. The van der Waals surface area contributed by atoms with E-state index in [2.05, 4.69) is 38.8 Å². The van der Waals surface area contributed by atoms with E-state index in [1.54, 1.807) is 0 Å². The highest BCUT2D eigenvalue weighted by Gasteiger charge is 2.03. The zero-order valence-electron chi connectivity index (χ0n) is 11.4. The fourth-order valence-electron chi connectivity index (χ4n) is 0.944. The van der Waals surface area contributed by atoms with Crippen molar-refractivity contribution in [3.05, 3.63) is 24.3 Å². The number of nitrogens with zero attached hydrogens (tertiary/aromatic N) is 1. The minimum Gasteiger partial charge on any atom is -0.272 e. The maximum absolute atomic E-state index is 4.12. The molecule has 0 bridgehead atoms. The molecule has 0 aliphatic carbocycles. The Balaban J connectivity index is 0.000000280. The summed E-state index contributed by atoms with van der Waals surface area (Å²) in [6, 6.07) is 8.08. The Bertz CT molecular complexity index is 318. The van der Waals surface area contributed by atoms with Gasteiger partial charge < -0.3 is 0 Å². The molecule has 0 saturated heterocycles. The van der Waals surface area contributed by atoms with Crippen molar-refractivity contribution in [3.63, 3.8) is 0 Å². The Labute approximate surface area is 101 Å². The van der Waals surface area contributed by atoms with Gasteiger partial charge in [0.2, 0.25) is 7.28 Å². The maximum atomic E-state index is 4.12. The van der Waals surface area contributed by atoms with E-state index >= 15 is 0 Å². The van der Waals surface area contributed by atoms with Crippen LogP contribution in [0.25, 0.3) is 0 Å². The van der Waals surface area contributed by atoms with E-state index in [4.69, 9.17) is 0 Å². The Hall–Kier alpha value is -1.05. The van der Waals surface area contributed by atoms with Crippen LogP contribution in [0.1, 0.15) is 41.5 Å². The third kappa shape index (κ3) is 7.27. The minimum atomic E-state index is 0.500. The molecule has 87 valence electrons. The number of rotatable bonds is 0. The van der Waals surface area contributed by atoms with E-state index in [-0.39, 0.29) is 0 Å². The molecule has 0 fully saturated rings. The van der Waals surface area contributed by atoms with Crippen LogP contribution in [0.2, 0.25) is 0 Å². The minimum absolute atomic E-state index is 0.500. The number of hydrogen-bond acceptors (Lipinski definition) is 1. The van der Waals surface area contributed by atoms with Crippen LogP contribution in [0, 0.1) is 5.41 Å². The average Bonchev–Trinajstić information content (AvgIpc) is 2.66. The van der Waals surface area contributed by atoms with Gasteiger partial charge in [-0.15, -0.1) is 0 Å². The Morgan fingerprint density at radius 1 is 1.00 bits per heavy atom. The lowest BCUT2D eigenvalue weighted by Gasteiger charge is -2.05. The van der Waals surface area contributed by atoms with E-state index in [1.165, 1.54) is 5.46 Å². The molecule has 1 aliphatic rings. The molecule has 2 heteroatoms. The van der Waals surface area contributed by atoms with Gasteiger partial charge >= 0.3 is 0 Å². The van der Waals surface area contributed by atoms with Gasteiger partial charge in [-0.2, -0.15) is 0 Å². The van der Waals surface area contributed by atoms with Gasteiger partial charge in [0.05, 0.1) is 5.69 Å². The molecule has 16 heavy (non-hydrogen) atoms. The predicted octanol–water partition coefficient (Wildman–Crippen LogP) is 3.77. The molecular weight excluding hydrogens is 193 g/mol. The second-order valence-corrected chi connectivity index (χ2v) is 5.00. The Morgan fingerprint density at radius 3 is 2.00 bits per heavy atom. The summed E-state index contributed by atoms with van der Waals surface area (Å²) in [7, 11) is 2.01. The lowest BCUT2D eigenvalue weighted by atomic mass is 9.74. The van der Waals surface area contributed by atoms with Gasteiger partial charge in [-0.25, -0.2) is 0 Å². The van der Waals surface area contributed by atoms with E-state index in [1.807, 2.05) is 45.4 Å². The van der Waals surface area contributed by atoms with Crippen LogP contribution in [-0.2, 0) is 0 Å². The van der Waals surface area contributed by atoms with Crippen molar-refractivity contribution < 1.29 is 0 Å². The van der Waals surface area contributed by atoms with Crippen molar-refractivity contribution in [3.8, 4) is 0 Å². The van der Waals surface area contributed by atoms with Crippen molar-refractivity contribution in [2.75, 3.05) is 0 Å². The van der Waals surface area contributed by atoms with Crippen molar-refractivity contribution in [2.45, 2.75) is 41.5 Å². The molecule has 0 aromatic heterocycles. The van der Waals surface area contributed by atoms with Crippen molar-refractivity contribution in [1.82, 2.24) is 0 Å².